The van der Waals surface area contributed by atoms with Gasteiger partial charge in [0, 0.05) is 24.0 Å². The predicted molar refractivity (Wildman–Crippen MR) is 99.1 cm³/mol. The van der Waals surface area contributed by atoms with E-state index in [2.05, 4.69) is 32.7 Å². The molecule has 132 valence electrons. The van der Waals surface area contributed by atoms with E-state index < -0.39 is 0 Å². The summed E-state index contributed by atoms with van der Waals surface area (Å²) in [5.74, 6) is 1.59. The number of hydrogen-bond acceptors (Lipinski definition) is 7. The Morgan fingerprint density at radius 1 is 1.24 bits per heavy atom. The van der Waals surface area contributed by atoms with E-state index in [0.717, 1.165) is 36.7 Å². The first-order chi connectivity index (χ1) is 12.3. The lowest BCUT2D eigenvalue weighted by molar-refractivity contribution is 0.272. The van der Waals surface area contributed by atoms with E-state index in [1.54, 1.807) is 4.52 Å². The Balaban J connectivity index is 1.65. The third-order valence-electron chi connectivity index (χ3n) is 5.60. The van der Waals surface area contributed by atoms with Crippen LogP contribution >= 0.6 is 11.3 Å². The van der Waals surface area contributed by atoms with Crippen LogP contribution in [0.2, 0.25) is 0 Å². The van der Waals surface area contributed by atoms with E-state index in [1.165, 1.54) is 47.9 Å². The van der Waals surface area contributed by atoms with Gasteiger partial charge in [0.1, 0.15) is 10.6 Å². The lowest BCUT2D eigenvalue weighted by Gasteiger charge is -2.26. The highest BCUT2D eigenvalue weighted by atomic mass is 32.1. The number of fused-ring (bicyclic) bond motifs is 5. The number of nitrogens with one attached hydrogen (secondary N) is 1. The SMILES string of the molecule is CCN1CCc2c(sc3c2c(NC2CCCCC2)nc2nnnn23)C1. The highest BCUT2D eigenvalue weighted by molar-refractivity contribution is 7.19. The third-order valence-corrected chi connectivity index (χ3v) is 6.80. The van der Waals surface area contributed by atoms with Crippen LogP contribution in [0.3, 0.4) is 0 Å². The van der Waals surface area contributed by atoms with E-state index in [9.17, 15) is 0 Å². The van der Waals surface area contributed by atoms with Crippen LogP contribution in [0.4, 0.5) is 5.82 Å². The lowest BCUT2D eigenvalue weighted by Crippen LogP contribution is -2.29. The molecule has 2 aliphatic rings. The number of anilines is 1. The van der Waals surface area contributed by atoms with Crippen molar-refractivity contribution in [3.05, 3.63) is 10.4 Å². The fourth-order valence-electron chi connectivity index (χ4n) is 4.19. The molecule has 0 aromatic carbocycles. The molecule has 8 heteroatoms. The summed E-state index contributed by atoms with van der Waals surface area (Å²) in [7, 11) is 0. The number of nitrogens with zero attached hydrogens (tertiary/aromatic N) is 6. The molecule has 7 nitrogen and oxygen atoms in total. The Labute approximate surface area is 150 Å². The first-order valence-electron chi connectivity index (χ1n) is 9.34. The highest BCUT2D eigenvalue weighted by Crippen LogP contribution is 2.39. The molecule has 3 aromatic heterocycles. The molecule has 4 heterocycles. The molecule has 1 saturated carbocycles. The smallest absolute Gasteiger partial charge is 0.276 e. The number of aromatic nitrogens is 5. The van der Waals surface area contributed by atoms with Crippen LogP contribution in [0, 0.1) is 0 Å². The maximum Gasteiger partial charge on any atom is 0.276 e. The van der Waals surface area contributed by atoms with Crippen LogP contribution in [0.5, 0.6) is 0 Å². The number of tetrazole rings is 1. The second-order valence-corrected chi connectivity index (χ2v) is 8.22. The summed E-state index contributed by atoms with van der Waals surface area (Å²) < 4.78 is 1.81. The Morgan fingerprint density at radius 3 is 2.96 bits per heavy atom. The van der Waals surface area contributed by atoms with Crippen molar-refractivity contribution in [3.8, 4) is 0 Å². The molecule has 1 aliphatic heterocycles. The van der Waals surface area contributed by atoms with Gasteiger partial charge in [-0.1, -0.05) is 31.3 Å². The third kappa shape index (κ3) is 2.58. The van der Waals surface area contributed by atoms with Gasteiger partial charge in [0.2, 0.25) is 0 Å². The second-order valence-electron chi connectivity index (χ2n) is 7.13. The van der Waals surface area contributed by atoms with Gasteiger partial charge in [0.05, 0.1) is 5.39 Å². The number of hydrogen-bond donors (Lipinski definition) is 1. The zero-order valence-electron chi connectivity index (χ0n) is 14.5. The van der Waals surface area contributed by atoms with Crippen LogP contribution in [-0.2, 0) is 13.0 Å². The van der Waals surface area contributed by atoms with E-state index in [4.69, 9.17) is 4.98 Å². The molecule has 0 bridgehead atoms. The van der Waals surface area contributed by atoms with Crippen molar-refractivity contribution in [2.24, 2.45) is 0 Å². The van der Waals surface area contributed by atoms with Gasteiger partial charge in [-0.25, -0.2) is 0 Å². The van der Waals surface area contributed by atoms with Crippen molar-refractivity contribution < 1.29 is 0 Å². The molecular formula is C17H23N7S. The summed E-state index contributed by atoms with van der Waals surface area (Å²) in [4.78, 5) is 9.86. The summed E-state index contributed by atoms with van der Waals surface area (Å²) >= 11 is 1.83. The number of thiophene rings is 1. The van der Waals surface area contributed by atoms with Gasteiger partial charge in [-0.2, -0.15) is 9.50 Å². The van der Waals surface area contributed by atoms with Gasteiger partial charge in [0.25, 0.3) is 5.78 Å². The summed E-state index contributed by atoms with van der Waals surface area (Å²) in [6.45, 7) is 5.47. The molecule has 1 fully saturated rings. The molecular weight excluding hydrogens is 334 g/mol. The van der Waals surface area contributed by atoms with Crippen molar-refractivity contribution in [2.45, 2.75) is 58.0 Å². The van der Waals surface area contributed by atoms with Gasteiger partial charge in [0.15, 0.2) is 0 Å². The standard InChI is InChI=1S/C17H23N7S/c1-2-23-9-8-12-13(10-23)25-16-14(12)15(18-11-6-4-3-5-7-11)19-17-20-21-22-24(16)17/h11H,2-10H2,1H3,(H,18,19,20,22). The van der Waals surface area contributed by atoms with Crippen molar-refractivity contribution in [1.29, 1.82) is 0 Å². The quantitative estimate of drug-likeness (QED) is 0.777. The molecule has 0 amide bonds. The Morgan fingerprint density at radius 2 is 2.12 bits per heavy atom. The van der Waals surface area contributed by atoms with Gasteiger partial charge >= 0.3 is 0 Å². The zero-order valence-corrected chi connectivity index (χ0v) is 15.3. The first-order valence-corrected chi connectivity index (χ1v) is 10.2. The Kier molecular flexibility index (Phi) is 3.82. The lowest BCUT2D eigenvalue weighted by atomic mass is 9.95. The Hall–Kier alpha value is -1.80. The molecule has 1 N–H and O–H groups in total. The van der Waals surface area contributed by atoms with E-state index in [0.29, 0.717) is 11.8 Å². The maximum atomic E-state index is 4.79. The van der Waals surface area contributed by atoms with Crippen LogP contribution in [0.15, 0.2) is 0 Å². The number of likely N-dealkylation sites (N-methyl/N-ethyl adjacent to an activating group) is 1. The second kappa shape index (κ2) is 6.17. The van der Waals surface area contributed by atoms with Crippen molar-refractivity contribution in [1.82, 2.24) is 29.9 Å². The molecule has 0 atom stereocenters. The molecule has 0 spiro atoms. The molecule has 0 radical (unpaired) electrons. The highest BCUT2D eigenvalue weighted by Gasteiger charge is 2.26. The molecule has 3 aromatic rings. The molecule has 1 aliphatic carbocycles. The van der Waals surface area contributed by atoms with Crippen LogP contribution in [0.25, 0.3) is 16.0 Å². The van der Waals surface area contributed by atoms with Gasteiger partial charge in [-0.05, 0) is 41.8 Å². The average molecular weight is 357 g/mol. The van der Waals surface area contributed by atoms with Crippen molar-refractivity contribution in [3.63, 3.8) is 0 Å². The average Bonchev–Trinajstić information content (AvgIpc) is 3.26. The van der Waals surface area contributed by atoms with Crippen molar-refractivity contribution >= 4 is 33.1 Å². The topological polar surface area (TPSA) is 71.2 Å². The summed E-state index contributed by atoms with van der Waals surface area (Å²) in [5.41, 5.74) is 1.45. The van der Waals surface area contributed by atoms with E-state index in [-0.39, 0.29) is 0 Å². The van der Waals surface area contributed by atoms with E-state index in [1.807, 2.05) is 11.3 Å². The van der Waals surface area contributed by atoms with Gasteiger partial charge in [-0.15, -0.1) is 11.3 Å². The summed E-state index contributed by atoms with van der Waals surface area (Å²) in [5, 5.41) is 17.1. The zero-order chi connectivity index (χ0) is 16.8. The normalized spacial score (nSPS) is 19.6. The summed E-state index contributed by atoms with van der Waals surface area (Å²) in [6.07, 6.45) is 7.52. The van der Waals surface area contributed by atoms with Gasteiger partial charge < -0.3 is 5.32 Å². The minimum absolute atomic E-state index is 0.522. The van der Waals surface area contributed by atoms with Crippen molar-refractivity contribution in [2.75, 3.05) is 18.4 Å². The van der Waals surface area contributed by atoms with Crippen LogP contribution in [0.1, 0.15) is 49.5 Å². The molecule has 0 unspecified atom stereocenters. The minimum atomic E-state index is 0.522. The predicted octanol–water partition coefficient (Wildman–Crippen LogP) is 2.86. The van der Waals surface area contributed by atoms with Crippen LogP contribution < -0.4 is 5.32 Å². The fraction of sp³-hybridized carbons (Fsp3) is 0.647. The number of rotatable bonds is 3. The molecule has 0 saturated heterocycles. The first kappa shape index (κ1) is 15.5. The largest absolute Gasteiger partial charge is 0.367 e. The molecule has 5 rings (SSSR count). The maximum absolute atomic E-state index is 4.79. The fourth-order valence-corrected chi connectivity index (χ4v) is 5.52. The summed E-state index contributed by atoms with van der Waals surface area (Å²) in [6, 6.07) is 0.522. The minimum Gasteiger partial charge on any atom is -0.367 e. The van der Waals surface area contributed by atoms with Crippen LogP contribution in [-0.4, -0.2) is 49.1 Å². The van der Waals surface area contributed by atoms with Gasteiger partial charge in [-0.3, -0.25) is 4.90 Å². The Bertz CT molecular complexity index is 909. The van der Waals surface area contributed by atoms with E-state index >= 15 is 0 Å². The molecule has 25 heavy (non-hydrogen) atoms. The monoisotopic (exact) mass is 357 g/mol.